The van der Waals surface area contributed by atoms with Gasteiger partial charge in [-0.25, -0.2) is 4.79 Å². The summed E-state index contributed by atoms with van der Waals surface area (Å²) >= 11 is 6.24. The van der Waals surface area contributed by atoms with Crippen LogP contribution in [0.15, 0.2) is 12.1 Å². The van der Waals surface area contributed by atoms with Crippen molar-refractivity contribution in [2.24, 2.45) is 17.4 Å². The highest BCUT2D eigenvalue weighted by atomic mass is 35.5. The topological polar surface area (TPSA) is 130 Å². The number of hydrogen-bond acceptors (Lipinski definition) is 5. The molecule has 0 aliphatic heterocycles. The number of halogens is 1. The van der Waals surface area contributed by atoms with Crippen LogP contribution in [0.25, 0.3) is 0 Å². The largest absolute Gasteiger partial charge is 0.480 e. The Morgan fingerprint density at radius 3 is 2.70 bits per heavy atom. The van der Waals surface area contributed by atoms with Gasteiger partial charge < -0.3 is 26.6 Å². The van der Waals surface area contributed by atoms with E-state index >= 15 is 0 Å². The zero-order valence-electron chi connectivity index (χ0n) is 12.8. The summed E-state index contributed by atoms with van der Waals surface area (Å²) < 4.78 is 0. The van der Waals surface area contributed by atoms with Gasteiger partial charge in [0.1, 0.15) is 5.54 Å². The number of benzene rings is 1. The van der Waals surface area contributed by atoms with E-state index in [1.807, 2.05) is 0 Å². The van der Waals surface area contributed by atoms with Crippen molar-refractivity contribution in [3.05, 3.63) is 33.8 Å². The van der Waals surface area contributed by atoms with E-state index in [4.69, 9.17) is 33.1 Å². The smallest absolute Gasteiger partial charge is 0.451 e. The van der Waals surface area contributed by atoms with Gasteiger partial charge in [-0.2, -0.15) is 0 Å². The summed E-state index contributed by atoms with van der Waals surface area (Å²) in [6, 6.07) is 3.55. The van der Waals surface area contributed by atoms with Crippen LogP contribution >= 0.6 is 11.6 Å². The first-order valence-electron chi connectivity index (χ1n) is 7.71. The van der Waals surface area contributed by atoms with Gasteiger partial charge in [0.25, 0.3) is 0 Å². The molecule has 0 unspecified atom stereocenters. The summed E-state index contributed by atoms with van der Waals surface area (Å²) in [5.41, 5.74) is 12.6. The second-order valence-electron chi connectivity index (χ2n) is 6.13. The summed E-state index contributed by atoms with van der Waals surface area (Å²) in [7, 11) is -1.39. The second-order valence-corrected chi connectivity index (χ2v) is 6.53. The molecule has 1 aliphatic carbocycles. The maximum atomic E-state index is 11.9. The fraction of sp³-hybridized carbons (Fsp3) is 0.533. The van der Waals surface area contributed by atoms with E-state index in [9.17, 15) is 9.90 Å². The van der Waals surface area contributed by atoms with Crippen LogP contribution in [0, 0.1) is 5.92 Å². The fourth-order valence-corrected chi connectivity index (χ4v) is 3.65. The van der Waals surface area contributed by atoms with E-state index in [-0.39, 0.29) is 12.2 Å². The average Bonchev–Trinajstić information content (AvgIpc) is 2.73. The van der Waals surface area contributed by atoms with Crippen LogP contribution < -0.4 is 11.5 Å². The number of hydrogen-bond donors (Lipinski definition) is 5. The molecule has 1 aliphatic rings. The molecule has 7 N–H and O–H groups in total. The molecule has 0 heterocycles. The standard InChI is InChI=1S/C15H22BClN2O4/c17-13-8-10-6-11(2-1-4-16(22)23)15(19,14(20)21)12(10)7-9(13)3-5-18/h7-8,11,22-23H,1-6,18-19H2,(H,20,21)/t11-,15+/m0/s1. The maximum absolute atomic E-state index is 11.9. The first-order valence-corrected chi connectivity index (χ1v) is 8.08. The Kier molecular flexibility index (Phi) is 5.70. The molecule has 2 rings (SSSR count). The van der Waals surface area contributed by atoms with E-state index in [1.54, 1.807) is 12.1 Å². The lowest BCUT2D eigenvalue weighted by molar-refractivity contribution is -0.145. The number of rotatable bonds is 7. The minimum absolute atomic E-state index is 0.196. The van der Waals surface area contributed by atoms with E-state index < -0.39 is 18.6 Å². The summed E-state index contributed by atoms with van der Waals surface area (Å²) in [5.74, 6) is -1.38. The highest BCUT2D eigenvalue weighted by molar-refractivity contribution is 6.40. The van der Waals surface area contributed by atoms with Gasteiger partial charge in [0, 0.05) is 5.02 Å². The molecular weight excluding hydrogens is 318 g/mol. The van der Waals surface area contributed by atoms with Crippen LogP contribution in [0.1, 0.15) is 29.5 Å². The number of carboxylic acid groups (broad SMARTS) is 1. The molecule has 0 aromatic heterocycles. The van der Waals surface area contributed by atoms with Crippen LogP contribution in [0.2, 0.25) is 11.3 Å². The molecule has 0 spiro atoms. The van der Waals surface area contributed by atoms with Gasteiger partial charge in [0.15, 0.2) is 0 Å². The molecule has 6 nitrogen and oxygen atoms in total. The van der Waals surface area contributed by atoms with Crippen LogP contribution in [0.4, 0.5) is 0 Å². The third kappa shape index (κ3) is 3.54. The number of carboxylic acids is 1. The zero-order valence-corrected chi connectivity index (χ0v) is 13.6. The summed E-state index contributed by atoms with van der Waals surface area (Å²) in [6.45, 7) is 0.418. The van der Waals surface area contributed by atoms with E-state index in [1.165, 1.54) is 0 Å². The third-order valence-electron chi connectivity index (χ3n) is 4.61. The van der Waals surface area contributed by atoms with Crippen LogP contribution in [-0.4, -0.2) is 34.8 Å². The molecule has 0 saturated heterocycles. The molecule has 0 saturated carbocycles. The molecule has 8 heteroatoms. The van der Waals surface area contributed by atoms with Crippen molar-refractivity contribution >= 4 is 24.7 Å². The van der Waals surface area contributed by atoms with Crippen molar-refractivity contribution < 1.29 is 19.9 Å². The lowest BCUT2D eigenvalue weighted by Crippen LogP contribution is -2.48. The van der Waals surface area contributed by atoms with E-state index in [0.29, 0.717) is 42.8 Å². The Morgan fingerprint density at radius 2 is 2.13 bits per heavy atom. The van der Waals surface area contributed by atoms with Gasteiger partial charge >= 0.3 is 13.1 Å². The average molecular weight is 341 g/mol. The lowest BCUT2D eigenvalue weighted by Gasteiger charge is -2.28. The predicted octanol–water partition coefficient (Wildman–Crippen LogP) is 0.505. The second kappa shape index (κ2) is 7.19. The van der Waals surface area contributed by atoms with Gasteiger partial charge in [-0.05, 0) is 60.8 Å². The van der Waals surface area contributed by atoms with Crippen LogP contribution in [0.3, 0.4) is 0 Å². The molecule has 2 atom stereocenters. The van der Waals surface area contributed by atoms with Crippen molar-refractivity contribution in [2.45, 2.75) is 37.5 Å². The van der Waals surface area contributed by atoms with Crippen LogP contribution in [0.5, 0.6) is 0 Å². The van der Waals surface area contributed by atoms with Crippen molar-refractivity contribution in [1.29, 1.82) is 0 Å². The molecule has 126 valence electrons. The monoisotopic (exact) mass is 340 g/mol. The van der Waals surface area contributed by atoms with E-state index in [2.05, 4.69) is 0 Å². The maximum Gasteiger partial charge on any atom is 0.451 e. The Labute approximate surface area is 140 Å². The van der Waals surface area contributed by atoms with Crippen molar-refractivity contribution in [2.75, 3.05) is 6.54 Å². The number of aliphatic carboxylic acids is 1. The molecule has 23 heavy (non-hydrogen) atoms. The molecular formula is C15H22BClN2O4. The predicted molar refractivity (Wildman–Crippen MR) is 89.1 cm³/mol. The Bertz CT molecular complexity index is 599. The zero-order chi connectivity index (χ0) is 17.2. The third-order valence-corrected chi connectivity index (χ3v) is 4.96. The van der Waals surface area contributed by atoms with Gasteiger partial charge in [-0.15, -0.1) is 0 Å². The quantitative estimate of drug-likeness (QED) is 0.460. The summed E-state index contributed by atoms with van der Waals surface area (Å²) in [6.07, 6.45) is 2.26. The van der Waals surface area contributed by atoms with Gasteiger partial charge in [0.2, 0.25) is 0 Å². The first kappa shape index (κ1) is 18.2. The Morgan fingerprint density at radius 1 is 1.43 bits per heavy atom. The molecule has 0 fully saturated rings. The minimum Gasteiger partial charge on any atom is -0.480 e. The number of carbonyl (C=O) groups is 1. The van der Waals surface area contributed by atoms with Gasteiger partial charge in [0.05, 0.1) is 0 Å². The summed E-state index contributed by atoms with van der Waals surface area (Å²) in [5, 5.41) is 28.2. The van der Waals surface area contributed by atoms with Crippen LogP contribution in [-0.2, 0) is 23.2 Å². The fourth-order valence-electron chi connectivity index (χ4n) is 3.37. The van der Waals surface area contributed by atoms with Gasteiger partial charge in [-0.1, -0.05) is 24.1 Å². The minimum atomic E-state index is -1.48. The molecule has 0 amide bonds. The molecule has 1 aromatic rings. The molecule has 0 radical (unpaired) electrons. The van der Waals surface area contributed by atoms with Gasteiger partial charge in [-0.3, -0.25) is 0 Å². The number of nitrogens with two attached hydrogens (primary N) is 2. The molecule has 1 aromatic carbocycles. The Hall–Kier alpha value is -1.12. The van der Waals surface area contributed by atoms with Crippen molar-refractivity contribution in [3.63, 3.8) is 0 Å². The molecule has 0 bridgehead atoms. The van der Waals surface area contributed by atoms with Crippen molar-refractivity contribution in [1.82, 2.24) is 0 Å². The van der Waals surface area contributed by atoms with E-state index in [0.717, 1.165) is 11.1 Å². The SMILES string of the molecule is NCCc1cc2c(cc1Cl)C[C@H](CCCB(O)O)[C@]2(N)C(=O)O. The Balaban J connectivity index is 2.33. The van der Waals surface area contributed by atoms with Crippen molar-refractivity contribution in [3.8, 4) is 0 Å². The normalized spacial score (nSPS) is 22.9. The summed E-state index contributed by atoms with van der Waals surface area (Å²) in [4.78, 5) is 11.9. The number of fused-ring (bicyclic) bond motifs is 1. The highest BCUT2D eigenvalue weighted by Crippen LogP contribution is 2.44. The highest BCUT2D eigenvalue weighted by Gasteiger charge is 2.49. The first-order chi connectivity index (χ1) is 10.8. The lowest BCUT2D eigenvalue weighted by atomic mass is 9.77.